The van der Waals surface area contributed by atoms with Gasteiger partial charge in [0.05, 0.1) is 6.42 Å². The lowest BCUT2D eigenvalue weighted by atomic mass is 10.1. The monoisotopic (exact) mass is 243 g/mol. The molecule has 0 rings (SSSR count). The second-order valence-electron chi connectivity index (χ2n) is 5.31. The third-order valence-electron chi connectivity index (χ3n) is 2.51. The van der Waals surface area contributed by atoms with E-state index >= 15 is 0 Å². The Labute approximate surface area is 104 Å². The zero-order valence-corrected chi connectivity index (χ0v) is 11.4. The molecule has 0 unspecified atom stereocenters. The Bertz CT molecular complexity index is 249. The van der Waals surface area contributed by atoms with Gasteiger partial charge < -0.3 is 10.0 Å². The average molecular weight is 243 g/mol. The molecule has 0 atom stereocenters. The fraction of sp³-hybridized carbons (Fsp3) is 0.846. The van der Waals surface area contributed by atoms with Gasteiger partial charge in [-0.15, -0.1) is 0 Å². The molecule has 100 valence electrons. The number of carbonyl (C=O) groups is 2. The van der Waals surface area contributed by atoms with Crippen LogP contribution in [-0.2, 0) is 9.59 Å². The first-order valence-corrected chi connectivity index (χ1v) is 6.32. The van der Waals surface area contributed by atoms with Gasteiger partial charge in [0.1, 0.15) is 0 Å². The van der Waals surface area contributed by atoms with Crippen molar-refractivity contribution in [2.24, 2.45) is 11.8 Å². The van der Waals surface area contributed by atoms with Gasteiger partial charge in [-0.1, -0.05) is 27.7 Å². The van der Waals surface area contributed by atoms with Gasteiger partial charge >= 0.3 is 5.97 Å². The lowest BCUT2D eigenvalue weighted by Gasteiger charge is -2.23. The Hall–Kier alpha value is -1.06. The average Bonchev–Trinajstić information content (AvgIpc) is 2.15. The van der Waals surface area contributed by atoms with Crippen molar-refractivity contribution in [1.29, 1.82) is 0 Å². The standard InChI is InChI=1S/C13H25NO3/c1-10(2)5-7-14(8-6-13(16)17)12(15)9-11(3)4/h10-11H,5-9H2,1-4H3,(H,16,17). The summed E-state index contributed by atoms with van der Waals surface area (Å²) >= 11 is 0. The summed E-state index contributed by atoms with van der Waals surface area (Å²) in [5.41, 5.74) is 0. The van der Waals surface area contributed by atoms with E-state index in [-0.39, 0.29) is 12.3 Å². The second-order valence-corrected chi connectivity index (χ2v) is 5.31. The third-order valence-corrected chi connectivity index (χ3v) is 2.51. The van der Waals surface area contributed by atoms with E-state index < -0.39 is 5.97 Å². The Morgan fingerprint density at radius 1 is 1.06 bits per heavy atom. The van der Waals surface area contributed by atoms with Crippen molar-refractivity contribution < 1.29 is 14.7 Å². The van der Waals surface area contributed by atoms with Gasteiger partial charge in [-0.2, -0.15) is 0 Å². The second kappa shape index (κ2) is 8.09. The summed E-state index contributed by atoms with van der Waals surface area (Å²) in [6.07, 6.45) is 1.45. The first-order valence-electron chi connectivity index (χ1n) is 6.32. The molecule has 0 bridgehead atoms. The van der Waals surface area contributed by atoms with Gasteiger partial charge in [0, 0.05) is 19.5 Å². The fourth-order valence-corrected chi connectivity index (χ4v) is 1.48. The van der Waals surface area contributed by atoms with E-state index in [1.165, 1.54) is 0 Å². The molecule has 0 aliphatic rings. The number of hydrogen-bond donors (Lipinski definition) is 1. The van der Waals surface area contributed by atoms with Crippen molar-refractivity contribution in [2.45, 2.75) is 47.0 Å². The molecule has 1 N–H and O–H groups in total. The fourth-order valence-electron chi connectivity index (χ4n) is 1.48. The third kappa shape index (κ3) is 8.72. The summed E-state index contributed by atoms with van der Waals surface area (Å²) < 4.78 is 0. The Balaban J connectivity index is 4.27. The molecule has 17 heavy (non-hydrogen) atoms. The van der Waals surface area contributed by atoms with Crippen LogP contribution < -0.4 is 0 Å². The van der Waals surface area contributed by atoms with Crippen LogP contribution in [0, 0.1) is 11.8 Å². The predicted octanol–water partition coefficient (Wildman–Crippen LogP) is 2.38. The van der Waals surface area contributed by atoms with Gasteiger partial charge in [-0.3, -0.25) is 9.59 Å². The molecule has 4 nitrogen and oxygen atoms in total. The number of carbonyl (C=O) groups excluding carboxylic acids is 1. The Morgan fingerprint density at radius 3 is 2.06 bits per heavy atom. The summed E-state index contributed by atoms with van der Waals surface area (Å²) in [7, 11) is 0. The number of rotatable bonds is 8. The molecule has 0 radical (unpaired) electrons. The van der Waals surface area contributed by atoms with Crippen LogP contribution in [0.1, 0.15) is 47.0 Å². The van der Waals surface area contributed by atoms with E-state index in [0.717, 1.165) is 6.42 Å². The molecule has 0 heterocycles. The number of amides is 1. The van der Waals surface area contributed by atoms with Crippen molar-refractivity contribution >= 4 is 11.9 Å². The minimum Gasteiger partial charge on any atom is -0.481 e. The maximum absolute atomic E-state index is 11.9. The molecular weight excluding hydrogens is 218 g/mol. The van der Waals surface area contributed by atoms with E-state index in [0.29, 0.717) is 31.3 Å². The zero-order valence-electron chi connectivity index (χ0n) is 11.4. The van der Waals surface area contributed by atoms with Gasteiger partial charge in [-0.25, -0.2) is 0 Å². The molecule has 0 saturated carbocycles. The first kappa shape index (κ1) is 15.9. The molecule has 0 fully saturated rings. The number of carboxylic acid groups (broad SMARTS) is 1. The van der Waals surface area contributed by atoms with Crippen molar-refractivity contribution in [1.82, 2.24) is 4.90 Å². The normalized spacial score (nSPS) is 10.9. The predicted molar refractivity (Wildman–Crippen MR) is 67.7 cm³/mol. The molecule has 0 aliphatic heterocycles. The lowest BCUT2D eigenvalue weighted by molar-refractivity contribution is -0.138. The summed E-state index contributed by atoms with van der Waals surface area (Å²) in [5, 5.41) is 8.67. The lowest BCUT2D eigenvalue weighted by Crippen LogP contribution is -2.35. The quantitative estimate of drug-likeness (QED) is 0.712. The van der Waals surface area contributed by atoms with Crippen LogP contribution in [0.3, 0.4) is 0 Å². The molecule has 0 saturated heterocycles. The molecule has 0 aromatic rings. The maximum atomic E-state index is 11.9. The van der Waals surface area contributed by atoms with E-state index in [9.17, 15) is 9.59 Å². The summed E-state index contributed by atoms with van der Waals surface area (Å²) in [6, 6.07) is 0. The van der Waals surface area contributed by atoms with E-state index in [1.54, 1.807) is 4.90 Å². The number of nitrogens with zero attached hydrogens (tertiary/aromatic N) is 1. The summed E-state index contributed by atoms with van der Waals surface area (Å²) in [5.74, 6) is 0.0573. The molecule has 0 aromatic heterocycles. The van der Waals surface area contributed by atoms with Crippen LogP contribution in [-0.4, -0.2) is 35.0 Å². The highest BCUT2D eigenvalue weighted by atomic mass is 16.4. The highest BCUT2D eigenvalue weighted by molar-refractivity contribution is 5.77. The molecule has 4 heteroatoms. The van der Waals surface area contributed by atoms with Crippen molar-refractivity contribution in [3.8, 4) is 0 Å². The number of aliphatic carboxylic acids is 1. The maximum Gasteiger partial charge on any atom is 0.305 e. The van der Waals surface area contributed by atoms with Crippen LogP contribution >= 0.6 is 0 Å². The van der Waals surface area contributed by atoms with E-state index in [2.05, 4.69) is 13.8 Å². The van der Waals surface area contributed by atoms with Crippen LogP contribution in [0.5, 0.6) is 0 Å². The summed E-state index contributed by atoms with van der Waals surface area (Å²) in [6.45, 7) is 9.18. The largest absolute Gasteiger partial charge is 0.481 e. The number of hydrogen-bond acceptors (Lipinski definition) is 2. The smallest absolute Gasteiger partial charge is 0.305 e. The Kier molecular flexibility index (Phi) is 7.59. The first-order chi connectivity index (χ1) is 7.82. The van der Waals surface area contributed by atoms with Crippen LogP contribution in [0.25, 0.3) is 0 Å². The van der Waals surface area contributed by atoms with E-state index in [1.807, 2.05) is 13.8 Å². The van der Waals surface area contributed by atoms with Crippen LogP contribution in [0.2, 0.25) is 0 Å². The van der Waals surface area contributed by atoms with E-state index in [4.69, 9.17) is 5.11 Å². The van der Waals surface area contributed by atoms with Crippen LogP contribution in [0.4, 0.5) is 0 Å². The molecule has 0 aromatic carbocycles. The number of carboxylic acids is 1. The zero-order chi connectivity index (χ0) is 13.4. The SMILES string of the molecule is CC(C)CCN(CCC(=O)O)C(=O)CC(C)C. The highest BCUT2D eigenvalue weighted by Crippen LogP contribution is 2.08. The minimum atomic E-state index is -0.850. The van der Waals surface area contributed by atoms with Crippen molar-refractivity contribution in [3.05, 3.63) is 0 Å². The molecular formula is C13H25NO3. The molecule has 0 spiro atoms. The topological polar surface area (TPSA) is 57.6 Å². The van der Waals surface area contributed by atoms with Crippen molar-refractivity contribution in [2.75, 3.05) is 13.1 Å². The van der Waals surface area contributed by atoms with Gasteiger partial charge in [0.25, 0.3) is 0 Å². The molecule has 0 aliphatic carbocycles. The van der Waals surface area contributed by atoms with Crippen LogP contribution in [0.15, 0.2) is 0 Å². The Morgan fingerprint density at radius 2 is 1.65 bits per heavy atom. The minimum absolute atomic E-state index is 0.0297. The van der Waals surface area contributed by atoms with Gasteiger partial charge in [-0.05, 0) is 18.3 Å². The summed E-state index contributed by atoms with van der Waals surface area (Å²) in [4.78, 5) is 24.1. The molecule has 1 amide bonds. The van der Waals surface area contributed by atoms with Crippen molar-refractivity contribution in [3.63, 3.8) is 0 Å². The highest BCUT2D eigenvalue weighted by Gasteiger charge is 2.16. The van der Waals surface area contributed by atoms with Gasteiger partial charge in [0.15, 0.2) is 0 Å². The van der Waals surface area contributed by atoms with Gasteiger partial charge in [0.2, 0.25) is 5.91 Å².